The predicted octanol–water partition coefficient (Wildman–Crippen LogP) is 2.67. The summed E-state index contributed by atoms with van der Waals surface area (Å²) in [4.78, 5) is 27.1. The summed E-state index contributed by atoms with van der Waals surface area (Å²) in [6, 6.07) is 6.33. The molecule has 5 nitrogen and oxygen atoms in total. The minimum atomic E-state index is -0.724. The highest BCUT2D eigenvalue weighted by atomic mass is 19.1. The van der Waals surface area contributed by atoms with Crippen molar-refractivity contribution in [2.75, 3.05) is 13.1 Å². The first-order chi connectivity index (χ1) is 12.2. The van der Waals surface area contributed by atoms with Gasteiger partial charge in [-0.25, -0.2) is 4.39 Å². The molecule has 1 aliphatic heterocycles. The van der Waals surface area contributed by atoms with Crippen LogP contribution in [-0.4, -0.2) is 41.5 Å². The number of rotatable bonds is 6. The monoisotopic (exact) mass is 364 g/mol. The molecule has 2 atom stereocenters. The molecule has 1 saturated heterocycles. The van der Waals surface area contributed by atoms with Crippen LogP contribution in [0.25, 0.3) is 0 Å². The smallest absolute Gasteiger partial charge is 0.310 e. The molecule has 0 aromatic heterocycles. The minimum Gasteiger partial charge on any atom is -0.460 e. The second-order valence-corrected chi connectivity index (χ2v) is 7.85. The zero-order valence-electron chi connectivity index (χ0n) is 15.8. The maximum absolute atomic E-state index is 14.0. The largest absolute Gasteiger partial charge is 0.460 e. The molecule has 0 saturated carbocycles. The Morgan fingerprint density at radius 2 is 2.04 bits per heavy atom. The molecule has 144 valence electrons. The van der Waals surface area contributed by atoms with Crippen LogP contribution in [0.3, 0.4) is 0 Å². The van der Waals surface area contributed by atoms with Crippen molar-refractivity contribution >= 4 is 11.9 Å². The number of hydrogen-bond acceptors (Lipinski definition) is 4. The summed E-state index contributed by atoms with van der Waals surface area (Å²) in [5.41, 5.74) is 5.49. The first kappa shape index (κ1) is 20.4. The molecule has 2 N–H and O–H groups in total. The van der Waals surface area contributed by atoms with Crippen molar-refractivity contribution in [3.05, 3.63) is 35.6 Å². The van der Waals surface area contributed by atoms with Gasteiger partial charge < -0.3 is 15.4 Å². The number of nitrogens with zero attached hydrogens (tertiary/aromatic N) is 1. The zero-order valence-corrected chi connectivity index (χ0v) is 15.8. The number of carbonyl (C=O) groups excluding carboxylic acids is 2. The predicted molar refractivity (Wildman–Crippen MR) is 97.8 cm³/mol. The molecule has 6 heteroatoms. The number of carbonyl (C=O) groups is 2. The van der Waals surface area contributed by atoms with Crippen LogP contribution in [0.5, 0.6) is 0 Å². The Kier molecular flexibility index (Phi) is 6.75. The molecular weight excluding hydrogens is 335 g/mol. The van der Waals surface area contributed by atoms with E-state index in [1.807, 2.05) is 0 Å². The molecule has 2 unspecified atom stereocenters. The van der Waals surface area contributed by atoms with E-state index in [9.17, 15) is 14.0 Å². The van der Waals surface area contributed by atoms with Crippen molar-refractivity contribution in [1.29, 1.82) is 0 Å². The highest BCUT2D eigenvalue weighted by Crippen LogP contribution is 2.24. The van der Waals surface area contributed by atoms with Gasteiger partial charge in [-0.1, -0.05) is 18.2 Å². The first-order valence-electron chi connectivity index (χ1n) is 9.17. The number of benzene rings is 1. The van der Waals surface area contributed by atoms with Crippen LogP contribution in [0.1, 0.15) is 45.6 Å². The number of amides is 1. The maximum atomic E-state index is 14.0. The van der Waals surface area contributed by atoms with Crippen molar-refractivity contribution in [3.8, 4) is 0 Å². The lowest BCUT2D eigenvalue weighted by molar-refractivity contribution is -0.162. The Morgan fingerprint density at radius 3 is 2.65 bits per heavy atom. The first-order valence-corrected chi connectivity index (χ1v) is 9.17. The van der Waals surface area contributed by atoms with Gasteiger partial charge in [0.2, 0.25) is 5.91 Å². The van der Waals surface area contributed by atoms with Gasteiger partial charge in [-0.3, -0.25) is 9.59 Å². The summed E-state index contributed by atoms with van der Waals surface area (Å²) in [5.74, 6) is -1.70. The van der Waals surface area contributed by atoms with Crippen molar-refractivity contribution in [1.82, 2.24) is 4.90 Å². The molecule has 2 rings (SSSR count). The van der Waals surface area contributed by atoms with Crippen molar-refractivity contribution < 1.29 is 18.7 Å². The fourth-order valence-corrected chi connectivity index (χ4v) is 3.29. The molecule has 26 heavy (non-hydrogen) atoms. The highest BCUT2D eigenvalue weighted by molar-refractivity contribution is 5.84. The van der Waals surface area contributed by atoms with E-state index in [1.54, 1.807) is 43.9 Å². The van der Waals surface area contributed by atoms with E-state index >= 15 is 0 Å². The van der Waals surface area contributed by atoms with E-state index in [4.69, 9.17) is 10.5 Å². The Hall–Kier alpha value is -1.95. The lowest BCUT2D eigenvalue weighted by atomic mass is 9.94. The molecule has 1 aliphatic rings. The van der Waals surface area contributed by atoms with Gasteiger partial charge in [0.1, 0.15) is 11.4 Å². The zero-order chi connectivity index (χ0) is 19.3. The third kappa shape index (κ3) is 5.53. The topological polar surface area (TPSA) is 72.6 Å². The standard InChI is InChI=1S/C20H29FN2O3/c1-20(2,3)26-19(25)15(11-14-7-4-5-9-17(14)21)12-18(24)23-10-6-8-16(23)13-22/h4-5,7,9,15-16H,6,8,10-13,22H2,1-3H3. The van der Waals surface area contributed by atoms with Crippen LogP contribution in [0.2, 0.25) is 0 Å². The molecule has 1 aromatic carbocycles. The van der Waals surface area contributed by atoms with E-state index in [1.165, 1.54) is 6.07 Å². The van der Waals surface area contributed by atoms with Crippen LogP contribution in [0.15, 0.2) is 24.3 Å². The fraction of sp³-hybridized carbons (Fsp3) is 0.600. The Morgan fingerprint density at radius 1 is 1.35 bits per heavy atom. The molecule has 0 radical (unpaired) electrons. The molecule has 1 aromatic rings. The molecule has 0 bridgehead atoms. The van der Waals surface area contributed by atoms with Crippen molar-refractivity contribution in [2.45, 2.75) is 58.1 Å². The average molecular weight is 364 g/mol. The van der Waals surface area contributed by atoms with E-state index in [-0.39, 0.29) is 30.6 Å². The lowest BCUT2D eigenvalue weighted by Gasteiger charge is -2.27. The SMILES string of the molecule is CC(C)(C)OC(=O)C(CC(=O)N1CCCC1CN)Cc1ccccc1F. The number of halogens is 1. The van der Waals surface area contributed by atoms with Gasteiger partial charge in [0, 0.05) is 25.6 Å². The number of hydrogen-bond donors (Lipinski definition) is 1. The molecule has 0 spiro atoms. The summed E-state index contributed by atoms with van der Waals surface area (Å²) >= 11 is 0. The summed E-state index contributed by atoms with van der Waals surface area (Å²) in [7, 11) is 0. The van der Waals surface area contributed by atoms with Gasteiger partial charge in [0.05, 0.1) is 5.92 Å². The quantitative estimate of drug-likeness (QED) is 0.788. The van der Waals surface area contributed by atoms with E-state index < -0.39 is 17.5 Å². The van der Waals surface area contributed by atoms with Gasteiger partial charge in [0.15, 0.2) is 0 Å². The van der Waals surface area contributed by atoms with Gasteiger partial charge in [-0.15, -0.1) is 0 Å². The van der Waals surface area contributed by atoms with E-state index in [0.717, 1.165) is 12.8 Å². The molecule has 0 aliphatic carbocycles. The average Bonchev–Trinajstić information content (AvgIpc) is 3.03. The highest BCUT2D eigenvalue weighted by Gasteiger charge is 2.33. The molecule has 1 heterocycles. The van der Waals surface area contributed by atoms with Crippen molar-refractivity contribution in [2.24, 2.45) is 11.7 Å². The van der Waals surface area contributed by atoms with Crippen LogP contribution < -0.4 is 5.73 Å². The van der Waals surface area contributed by atoms with Crippen LogP contribution >= 0.6 is 0 Å². The van der Waals surface area contributed by atoms with E-state index in [2.05, 4.69) is 0 Å². The van der Waals surface area contributed by atoms with Crippen molar-refractivity contribution in [3.63, 3.8) is 0 Å². The Bertz CT molecular complexity index is 642. The third-order valence-corrected chi connectivity index (χ3v) is 4.55. The molecular formula is C20H29FN2O3. The number of esters is 1. The molecule has 1 amide bonds. The summed E-state index contributed by atoms with van der Waals surface area (Å²) < 4.78 is 19.5. The third-order valence-electron chi connectivity index (χ3n) is 4.55. The minimum absolute atomic E-state index is 0.000250. The van der Waals surface area contributed by atoms with Crippen LogP contribution in [0.4, 0.5) is 4.39 Å². The molecule has 1 fully saturated rings. The summed E-state index contributed by atoms with van der Waals surface area (Å²) in [6.07, 6.45) is 1.93. The lowest BCUT2D eigenvalue weighted by Crippen LogP contribution is -2.42. The van der Waals surface area contributed by atoms with Gasteiger partial charge in [0.25, 0.3) is 0 Å². The fourth-order valence-electron chi connectivity index (χ4n) is 3.29. The number of nitrogens with two attached hydrogens (primary N) is 1. The number of ether oxygens (including phenoxy) is 1. The summed E-state index contributed by atoms with van der Waals surface area (Å²) in [6.45, 7) is 6.39. The van der Waals surface area contributed by atoms with Gasteiger partial charge >= 0.3 is 5.97 Å². The normalized spacial score (nSPS) is 18.7. The second kappa shape index (κ2) is 8.62. The van der Waals surface area contributed by atoms with Gasteiger partial charge in [-0.05, 0) is 51.7 Å². The second-order valence-electron chi connectivity index (χ2n) is 7.85. The van der Waals surface area contributed by atoms with E-state index in [0.29, 0.717) is 18.7 Å². The van der Waals surface area contributed by atoms with Crippen LogP contribution in [-0.2, 0) is 20.7 Å². The Balaban J connectivity index is 2.15. The Labute approximate surface area is 154 Å². The van der Waals surface area contributed by atoms with Crippen LogP contribution in [0, 0.1) is 11.7 Å². The number of likely N-dealkylation sites (tertiary alicyclic amines) is 1. The maximum Gasteiger partial charge on any atom is 0.310 e. The summed E-state index contributed by atoms with van der Waals surface area (Å²) in [5, 5.41) is 0. The van der Waals surface area contributed by atoms with Gasteiger partial charge in [-0.2, -0.15) is 0 Å².